The molecule has 9 heteroatoms. The molecule has 2 aromatic carbocycles. The first-order valence-corrected chi connectivity index (χ1v) is 6.22. The van der Waals surface area contributed by atoms with Gasteiger partial charge in [-0.1, -0.05) is 0 Å². The van der Waals surface area contributed by atoms with Crippen LogP contribution in [0.25, 0.3) is 0 Å². The molecule has 0 aliphatic heterocycles. The van der Waals surface area contributed by atoms with Crippen molar-refractivity contribution in [3.63, 3.8) is 0 Å². The molecule has 2 aromatic rings. The SMILES string of the molecule is Cc1c(F)c(F)c(Bc2c(F)c(C)c(F)c(F)c2F)c(F)c1F. The number of hydrogen-bond acceptors (Lipinski definition) is 0. The van der Waals surface area contributed by atoms with E-state index in [2.05, 4.69) is 0 Å². The van der Waals surface area contributed by atoms with Crippen molar-refractivity contribution in [1.29, 1.82) is 0 Å². The van der Waals surface area contributed by atoms with Crippen LogP contribution < -0.4 is 10.9 Å². The average molecular weight is 338 g/mol. The van der Waals surface area contributed by atoms with Crippen molar-refractivity contribution in [3.05, 3.63) is 57.7 Å². The van der Waals surface area contributed by atoms with Crippen LogP contribution in [0.2, 0.25) is 0 Å². The van der Waals surface area contributed by atoms with Gasteiger partial charge >= 0.3 is 0 Å². The standard InChI is InChI=1S/C14H7BF8/c1-3-7(16)5(13(22)14(23)10(3)19)15-6-11(20)8(17)4(2)9(18)12(6)21/h15H,1-2H3. The van der Waals surface area contributed by atoms with E-state index in [1.807, 2.05) is 0 Å². The Labute approximate surface area is 126 Å². The summed E-state index contributed by atoms with van der Waals surface area (Å²) in [6.07, 6.45) is 0. The average Bonchev–Trinajstić information content (AvgIpc) is 2.54. The van der Waals surface area contributed by atoms with Gasteiger partial charge in [0.2, 0.25) is 7.28 Å². The van der Waals surface area contributed by atoms with Gasteiger partial charge in [0, 0.05) is 11.1 Å². The summed E-state index contributed by atoms with van der Waals surface area (Å²) in [5.41, 5.74) is -4.44. The van der Waals surface area contributed by atoms with Crippen molar-refractivity contribution in [3.8, 4) is 0 Å². The molecule has 0 atom stereocenters. The van der Waals surface area contributed by atoms with E-state index in [9.17, 15) is 35.1 Å². The third-order valence-electron chi connectivity index (χ3n) is 3.50. The van der Waals surface area contributed by atoms with E-state index in [1.165, 1.54) is 0 Å². The van der Waals surface area contributed by atoms with Crippen LogP contribution in [0, 0.1) is 60.4 Å². The highest BCUT2D eigenvalue weighted by Gasteiger charge is 2.29. The zero-order valence-corrected chi connectivity index (χ0v) is 11.7. The topological polar surface area (TPSA) is 0 Å². The second kappa shape index (κ2) is 5.86. The maximum Gasteiger partial charge on any atom is 0.208 e. The number of rotatable bonds is 2. The highest BCUT2D eigenvalue weighted by molar-refractivity contribution is 6.67. The van der Waals surface area contributed by atoms with Gasteiger partial charge in [0.25, 0.3) is 0 Å². The van der Waals surface area contributed by atoms with Crippen molar-refractivity contribution in [1.82, 2.24) is 0 Å². The minimum absolute atomic E-state index is 0.767. The van der Waals surface area contributed by atoms with Gasteiger partial charge in [0.15, 0.2) is 40.7 Å². The van der Waals surface area contributed by atoms with Gasteiger partial charge < -0.3 is 0 Å². The van der Waals surface area contributed by atoms with Gasteiger partial charge in [-0.3, -0.25) is 0 Å². The second-order valence-electron chi connectivity index (χ2n) is 4.90. The Balaban J connectivity index is 2.71. The van der Waals surface area contributed by atoms with Crippen molar-refractivity contribution in [2.24, 2.45) is 0 Å². The Bertz CT molecular complexity index is 690. The summed E-state index contributed by atoms with van der Waals surface area (Å²) in [7, 11) is -1.33. The van der Waals surface area contributed by atoms with Gasteiger partial charge in [-0.2, -0.15) is 0 Å². The Kier molecular flexibility index (Phi) is 4.41. The van der Waals surface area contributed by atoms with Gasteiger partial charge in [-0.25, -0.2) is 35.1 Å². The Hall–Kier alpha value is -2.06. The van der Waals surface area contributed by atoms with E-state index in [1.54, 1.807) is 0 Å². The lowest BCUT2D eigenvalue weighted by Crippen LogP contribution is -2.39. The molecule has 0 aliphatic rings. The quantitative estimate of drug-likeness (QED) is 0.342. The highest BCUT2D eigenvalue weighted by Crippen LogP contribution is 2.19. The van der Waals surface area contributed by atoms with Crippen LogP contribution in [-0.4, -0.2) is 7.28 Å². The van der Waals surface area contributed by atoms with E-state index >= 15 is 0 Å². The first-order chi connectivity index (χ1) is 10.6. The summed E-state index contributed by atoms with van der Waals surface area (Å²) in [5.74, 6) is -14.7. The van der Waals surface area contributed by atoms with E-state index in [4.69, 9.17) is 0 Å². The zero-order valence-electron chi connectivity index (χ0n) is 11.7. The molecule has 0 amide bonds. The predicted molar refractivity (Wildman–Crippen MR) is 68.4 cm³/mol. The molecule has 0 saturated carbocycles. The molecule has 23 heavy (non-hydrogen) atoms. The van der Waals surface area contributed by atoms with Crippen LogP contribution >= 0.6 is 0 Å². The largest absolute Gasteiger partial charge is 0.208 e. The molecule has 0 radical (unpaired) electrons. The molecule has 0 unspecified atom stereocenters. The minimum atomic E-state index is -2.05. The lowest BCUT2D eigenvalue weighted by Gasteiger charge is -2.12. The molecule has 0 aromatic heterocycles. The monoisotopic (exact) mass is 338 g/mol. The number of hydrogen-bond donors (Lipinski definition) is 0. The molecule has 0 bridgehead atoms. The summed E-state index contributed by atoms with van der Waals surface area (Å²) >= 11 is 0. The number of halogens is 8. The summed E-state index contributed by atoms with van der Waals surface area (Å²) in [5, 5.41) is 0. The summed E-state index contributed by atoms with van der Waals surface area (Å²) in [4.78, 5) is 0. The van der Waals surface area contributed by atoms with Gasteiger partial charge in [0.05, 0.1) is 0 Å². The zero-order chi connectivity index (χ0) is 17.6. The second-order valence-corrected chi connectivity index (χ2v) is 4.90. The van der Waals surface area contributed by atoms with E-state index in [0.717, 1.165) is 13.8 Å². The fraction of sp³-hybridized carbons (Fsp3) is 0.143. The molecule has 0 nitrogen and oxygen atoms in total. The van der Waals surface area contributed by atoms with Crippen LogP contribution in [0.5, 0.6) is 0 Å². The molecule has 0 fully saturated rings. The normalized spacial score (nSPS) is 11.0. The van der Waals surface area contributed by atoms with E-state index in [0.29, 0.717) is 0 Å². The van der Waals surface area contributed by atoms with E-state index in [-0.39, 0.29) is 0 Å². The molecule has 0 spiro atoms. The van der Waals surface area contributed by atoms with Crippen molar-refractivity contribution in [2.45, 2.75) is 13.8 Å². The van der Waals surface area contributed by atoms with Crippen LogP contribution in [0.1, 0.15) is 11.1 Å². The first kappa shape index (κ1) is 17.3. The van der Waals surface area contributed by atoms with Crippen LogP contribution in [0.15, 0.2) is 0 Å². The minimum Gasteiger partial charge on any atom is -0.207 e. The number of benzene rings is 2. The Morgan fingerprint density at radius 1 is 0.435 bits per heavy atom. The molecule has 0 saturated heterocycles. The maximum atomic E-state index is 13.9. The third kappa shape index (κ3) is 2.57. The van der Waals surface area contributed by atoms with Crippen molar-refractivity contribution < 1.29 is 35.1 Å². The molecule has 122 valence electrons. The fourth-order valence-electron chi connectivity index (χ4n) is 2.09. The Morgan fingerprint density at radius 3 is 1.22 bits per heavy atom. The Morgan fingerprint density at radius 2 is 0.739 bits per heavy atom. The molecule has 2 rings (SSSR count). The van der Waals surface area contributed by atoms with Gasteiger partial charge in [-0.05, 0) is 24.8 Å². The first-order valence-electron chi connectivity index (χ1n) is 6.22. The summed E-state index contributed by atoms with van der Waals surface area (Å²) in [6, 6.07) is 0. The third-order valence-corrected chi connectivity index (χ3v) is 3.50. The van der Waals surface area contributed by atoms with Gasteiger partial charge in [0.1, 0.15) is 5.82 Å². The molecule has 0 heterocycles. The molecule has 0 aliphatic carbocycles. The van der Waals surface area contributed by atoms with Crippen LogP contribution in [0.4, 0.5) is 35.1 Å². The predicted octanol–water partition coefficient (Wildman–Crippen LogP) is 2.80. The molecular weight excluding hydrogens is 331 g/mol. The lowest BCUT2D eigenvalue weighted by atomic mass is 9.62. The fourth-order valence-corrected chi connectivity index (χ4v) is 2.09. The lowest BCUT2D eigenvalue weighted by molar-refractivity contribution is 0.434. The van der Waals surface area contributed by atoms with Crippen LogP contribution in [0.3, 0.4) is 0 Å². The summed E-state index contributed by atoms with van der Waals surface area (Å²) in [6.45, 7) is 1.54. The van der Waals surface area contributed by atoms with E-state index < -0.39 is 75.9 Å². The van der Waals surface area contributed by atoms with Gasteiger partial charge in [-0.15, -0.1) is 0 Å². The maximum absolute atomic E-state index is 13.9. The smallest absolute Gasteiger partial charge is 0.207 e. The van der Waals surface area contributed by atoms with Crippen molar-refractivity contribution >= 4 is 18.2 Å². The van der Waals surface area contributed by atoms with Crippen molar-refractivity contribution in [2.75, 3.05) is 0 Å². The molecule has 0 N–H and O–H groups in total. The van der Waals surface area contributed by atoms with Crippen LogP contribution in [-0.2, 0) is 0 Å². The molecular formula is C14H7BF8. The highest BCUT2D eigenvalue weighted by atomic mass is 19.2. The summed E-state index contributed by atoms with van der Waals surface area (Å²) < 4.78 is 108.